The maximum absolute atomic E-state index is 10.9. The lowest BCUT2D eigenvalue weighted by atomic mass is 10.0. The second-order valence-electron chi connectivity index (χ2n) is 4.46. The van der Waals surface area contributed by atoms with E-state index >= 15 is 0 Å². The number of phenolic OH excluding ortho intramolecular Hbond substituents is 2. The van der Waals surface area contributed by atoms with E-state index in [1.165, 1.54) is 6.07 Å². The Kier molecular flexibility index (Phi) is 2.63. The van der Waals surface area contributed by atoms with Crippen LogP contribution in [0.3, 0.4) is 0 Å². The summed E-state index contributed by atoms with van der Waals surface area (Å²) < 4.78 is 5.73. The highest BCUT2D eigenvalue weighted by molar-refractivity contribution is 5.85. The molecule has 96 valence electrons. The van der Waals surface area contributed by atoms with Crippen molar-refractivity contribution in [3.63, 3.8) is 0 Å². The van der Waals surface area contributed by atoms with Gasteiger partial charge in [0.1, 0.15) is 23.0 Å². The molecule has 1 heterocycles. The molecule has 0 bridgehead atoms. The first-order valence-corrected chi connectivity index (χ1v) is 5.99. The second-order valence-corrected chi connectivity index (χ2v) is 4.46. The summed E-state index contributed by atoms with van der Waals surface area (Å²) in [6.07, 6.45) is 1.71. The van der Waals surface area contributed by atoms with Gasteiger partial charge in [0.2, 0.25) is 0 Å². The number of para-hydroxylation sites is 1. The van der Waals surface area contributed by atoms with Gasteiger partial charge in [0, 0.05) is 11.6 Å². The van der Waals surface area contributed by atoms with E-state index in [1.54, 1.807) is 0 Å². The lowest BCUT2D eigenvalue weighted by Gasteiger charge is -2.12. The number of benzene rings is 2. The van der Waals surface area contributed by atoms with Gasteiger partial charge in [-0.25, -0.2) is 0 Å². The maximum Gasteiger partial charge on any atom is 0.157 e. The van der Waals surface area contributed by atoms with Crippen LogP contribution in [0.25, 0.3) is 0 Å². The van der Waals surface area contributed by atoms with E-state index in [-0.39, 0.29) is 17.1 Å². The quantitative estimate of drug-likeness (QED) is 0.770. The Hall–Kier alpha value is -2.49. The van der Waals surface area contributed by atoms with Crippen LogP contribution in [-0.4, -0.2) is 16.5 Å². The summed E-state index contributed by atoms with van der Waals surface area (Å²) in [6, 6.07) is 8.96. The number of aryl methyl sites for hydroxylation is 1. The normalized spacial score (nSPS) is 12.8. The van der Waals surface area contributed by atoms with Crippen molar-refractivity contribution in [3.8, 4) is 23.0 Å². The van der Waals surface area contributed by atoms with Gasteiger partial charge in [0.15, 0.2) is 6.29 Å². The molecule has 2 N–H and O–H groups in total. The molecule has 0 fully saturated rings. The van der Waals surface area contributed by atoms with E-state index in [2.05, 4.69) is 0 Å². The molecule has 1 aliphatic heterocycles. The van der Waals surface area contributed by atoms with Crippen LogP contribution in [0.4, 0.5) is 0 Å². The SMILES string of the molecule is O=Cc1c(O)cc2c(c1O)CCc1ccccc1O2. The van der Waals surface area contributed by atoms with Gasteiger partial charge in [-0.2, -0.15) is 0 Å². The minimum absolute atomic E-state index is 0.0895. The summed E-state index contributed by atoms with van der Waals surface area (Å²) in [5.74, 6) is 0.632. The molecule has 0 spiro atoms. The molecule has 4 nitrogen and oxygen atoms in total. The van der Waals surface area contributed by atoms with Crippen LogP contribution in [0, 0.1) is 0 Å². The zero-order valence-electron chi connectivity index (χ0n) is 10.1. The highest BCUT2D eigenvalue weighted by atomic mass is 16.5. The Balaban J connectivity index is 2.17. The summed E-state index contributed by atoms with van der Waals surface area (Å²) in [5, 5.41) is 19.8. The third kappa shape index (κ3) is 1.81. The summed E-state index contributed by atoms with van der Waals surface area (Å²) >= 11 is 0. The van der Waals surface area contributed by atoms with Gasteiger partial charge in [0.05, 0.1) is 5.56 Å². The summed E-state index contributed by atoms with van der Waals surface area (Å²) in [4.78, 5) is 10.9. The van der Waals surface area contributed by atoms with Crippen molar-refractivity contribution in [1.82, 2.24) is 0 Å². The smallest absolute Gasteiger partial charge is 0.157 e. The van der Waals surface area contributed by atoms with Crippen LogP contribution >= 0.6 is 0 Å². The van der Waals surface area contributed by atoms with Gasteiger partial charge in [0.25, 0.3) is 0 Å². The number of phenols is 2. The zero-order chi connectivity index (χ0) is 13.4. The molecular weight excluding hydrogens is 244 g/mol. The molecule has 19 heavy (non-hydrogen) atoms. The number of rotatable bonds is 1. The average molecular weight is 256 g/mol. The highest BCUT2D eigenvalue weighted by Crippen LogP contribution is 2.42. The third-order valence-corrected chi connectivity index (χ3v) is 3.34. The Bertz CT molecular complexity index is 661. The Morgan fingerprint density at radius 1 is 1.11 bits per heavy atom. The molecule has 0 saturated carbocycles. The van der Waals surface area contributed by atoms with Crippen LogP contribution in [-0.2, 0) is 12.8 Å². The van der Waals surface area contributed by atoms with Crippen molar-refractivity contribution in [2.24, 2.45) is 0 Å². The number of carbonyl (C=O) groups excluding carboxylic acids is 1. The van der Waals surface area contributed by atoms with Gasteiger partial charge >= 0.3 is 0 Å². The Morgan fingerprint density at radius 2 is 1.89 bits per heavy atom. The number of carbonyl (C=O) groups is 1. The molecule has 0 amide bonds. The molecule has 3 rings (SSSR count). The van der Waals surface area contributed by atoms with Crippen LogP contribution in [0.15, 0.2) is 30.3 Å². The lowest BCUT2D eigenvalue weighted by molar-refractivity contribution is 0.111. The van der Waals surface area contributed by atoms with E-state index in [9.17, 15) is 15.0 Å². The molecule has 0 unspecified atom stereocenters. The average Bonchev–Trinajstić information content (AvgIpc) is 2.58. The first-order valence-electron chi connectivity index (χ1n) is 5.99. The van der Waals surface area contributed by atoms with E-state index < -0.39 is 0 Å². The Labute approximate surface area is 109 Å². The largest absolute Gasteiger partial charge is 0.507 e. The number of aldehydes is 1. The maximum atomic E-state index is 10.9. The lowest BCUT2D eigenvalue weighted by Crippen LogP contribution is -1.94. The molecule has 0 atom stereocenters. The third-order valence-electron chi connectivity index (χ3n) is 3.34. The van der Waals surface area contributed by atoms with Crippen LogP contribution in [0.1, 0.15) is 21.5 Å². The van der Waals surface area contributed by atoms with Crippen molar-refractivity contribution >= 4 is 6.29 Å². The van der Waals surface area contributed by atoms with Crippen LogP contribution in [0.2, 0.25) is 0 Å². The molecule has 2 aromatic carbocycles. The number of fused-ring (bicyclic) bond motifs is 2. The van der Waals surface area contributed by atoms with Crippen LogP contribution in [0.5, 0.6) is 23.0 Å². The van der Waals surface area contributed by atoms with E-state index in [1.807, 2.05) is 24.3 Å². The van der Waals surface area contributed by atoms with E-state index in [4.69, 9.17) is 4.74 Å². The number of hydrogen-bond donors (Lipinski definition) is 2. The van der Waals surface area contributed by atoms with Gasteiger partial charge in [-0.05, 0) is 24.5 Å². The van der Waals surface area contributed by atoms with Crippen molar-refractivity contribution in [2.45, 2.75) is 12.8 Å². The van der Waals surface area contributed by atoms with Crippen molar-refractivity contribution in [3.05, 3.63) is 47.0 Å². The van der Waals surface area contributed by atoms with Gasteiger partial charge in [-0.15, -0.1) is 0 Å². The topological polar surface area (TPSA) is 66.8 Å². The van der Waals surface area contributed by atoms with Gasteiger partial charge in [-0.3, -0.25) is 4.79 Å². The fraction of sp³-hybridized carbons (Fsp3) is 0.133. The number of aromatic hydroxyl groups is 2. The summed E-state index contributed by atoms with van der Waals surface area (Å²) in [5.41, 5.74) is 1.50. The first kappa shape index (κ1) is 11.6. The molecule has 0 aromatic heterocycles. The minimum atomic E-state index is -0.273. The van der Waals surface area contributed by atoms with Crippen molar-refractivity contribution in [1.29, 1.82) is 0 Å². The minimum Gasteiger partial charge on any atom is -0.507 e. The summed E-state index contributed by atoms with van der Waals surface area (Å²) in [6.45, 7) is 0. The molecule has 0 radical (unpaired) electrons. The van der Waals surface area contributed by atoms with E-state index in [0.717, 1.165) is 5.56 Å². The van der Waals surface area contributed by atoms with Crippen molar-refractivity contribution < 1.29 is 19.7 Å². The molecule has 1 aliphatic rings. The van der Waals surface area contributed by atoms with Gasteiger partial charge in [-0.1, -0.05) is 18.2 Å². The molecule has 2 aromatic rings. The molecule has 0 saturated heterocycles. The fourth-order valence-corrected chi connectivity index (χ4v) is 2.33. The Morgan fingerprint density at radius 3 is 2.68 bits per heavy atom. The number of ether oxygens (including phenoxy) is 1. The highest BCUT2D eigenvalue weighted by Gasteiger charge is 2.22. The van der Waals surface area contributed by atoms with Crippen LogP contribution < -0.4 is 4.74 Å². The fourth-order valence-electron chi connectivity index (χ4n) is 2.33. The first-order chi connectivity index (χ1) is 9.20. The van der Waals surface area contributed by atoms with Crippen molar-refractivity contribution in [2.75, 3.05) is 0 Å². The standard InChI is InChI=1S/C15H12O4/c16-8-11-12(17)7-14-10(15(11)18)6-5-9-3-1-2-4-13(9)19-14/h1-4,7-8,17-18H,5-6H2. The molecular formula is C15H12O4. The van der Waals surface area contributed by atoms with Gasteiger partial charge < -0.3 is 14.9 Å². The monoisotopic (exact) mass is 256 g/mol. The predicted octanol–water partition coefficient (Wildman–Crippen LogP) is 2.80. The molecule has 0 aliphatic carbocycles. The predicted molar refractivity (Wildman–Crippen MR) is 69.1 cm³/mol. The molecule has 4 heteroatoms. The number of hydrogen-bond acceptors (Lipinski definition) is 4. The zero-order valence-corrected chi connectivity index (χ0v) is 10.1. The summed E-state index contributed by atoms with van der Waals surface area (Å²) in [7, 11) is 0. The second kappa shape index (κ2) is 4.31. The van der Waals surface area contributed by atoms with E-state index in [0.29, 0.717) is 36.2 Å².